The average molecular weight is 379 g/mol. The van der Waals surface area contributed by atoms with Crippen molar-refractivity contribution in [3.05, 3.63) is 29.8 Å². The molecule has 3 N–H and O–H groups in total. The zero-order valence-corrected chi connectivity index (χ0v) is 15.2. The summed E-state index contributed by atoms with van der Waals surface area (Å²) in [4.78, 5) is 0. The fourth-order valence-corrected chi connectivity index (χ4v) is 3.70. The van der Waals surface area contributed by atoms with Gasteiger partial charge in [0, 0.05) is 6.61 Å². The molecule has 1 fully saturated rings. The first-order valence-electron chi connectivity index (χ1n) is 7.66. The number of aliphatic hydroxyl groups excluding tert-OH is 1. The van der Waals surface area contributed by atoms with E-state index in [-0.39, 0.29) is 26.1 Å². The minimum Gasteiger partial charge on any atom is -0.404 e. The van der Waals surface area contributed by atoms with Gasteiger partial charge in [-0.2, -0.15) is 0 Å². The van der Waals surface area contributed by atoms with E-state index >= 15 is 0 Å². The van der Waals surface area contributed by atoms with Gasteiger partial charge in [0.15, 0.2) is 6.29 Å². The maximum atomic E-state index is 12.5. The summed E-state index contributed by atoms with van der Waals surface area (Å²) < 4.78 is 38.9. The van der Waals surface area contributed by atoms with Gasteiger partial charge in [-0.3, -0.25) is 10.0 Å². The highest BCUT2D eigenvalue weighted by Crippen LogP contribution is 2.52. The van der Waals surface area contributed by atoms with Crippen LogP contribution in [0.4, 0.5) is 0 Å². The highest BCUT2D eigenvalue weighted by molar-refractivity contribution is 7.56. The molecule has 2 rings (SSSR count). The monoisotopic (exact) mass is 379 g/mol. The Hall–Kier alpha value is -0.560. The van der Waals surface area contributed by atoms with Gasteiger partial charge in [0.25, 0.3) is 0 Å². The molecule has 1 aliphatic heterocycles. The van der Waals surface area contributed by atoms with Crippen molar-refractivity contribution in [3.63, 3.8) is 0 Å². The smallest absolute Gasteiger partial charge is 0.404 e. The predicted molar refractivity (Wildman–Crippen MR) is 89.7 cm³/mol. The van der Waals surface area contributed by atoms with E-state index in [0.29, 0.717) is 17.9 Å². The van der Waals surface area contributed by atoms with Crippen LogP contribution in [0.25, 0.3) is 0 Å². The van der Waals surface area contributed by atoms with E-state index in [1.165, 1.54) is 0 Å². The molecular formula is C14H23NO7P2. The van der Waals surface area contributed by atoms with Gasteiger partial charge < -0.3 is 19.1 Å². The minimum absolute atomic E-state index is 0.0241. The molecule has 0 aliphatic carbocycles. The summed E-state index contributed by atoms with van der Waals surface area (Å²) in [5.41, 5.74) is 6.03. The molecule has 0 aromatic heterocycles. The number of phosphoric acid groups is 1. The van der Waals surface area contributed by atoms with Crippen molar-refractivity contribution in [3.8, 4) is 5.75 Å². The van der Waals surface area contributed by atoms with Crippen molar-refractivity contribution in [1.82, 2.24) is 0 Å². The largest absolute Gasteiger partial charge is 0.534 e. The first-order valence-corrected chi connectivity index (χ1v) is 10.1. The number of benzene rings is 1. The number of aliphatic hydroxyl groups is 1. The third kappa shape index (κ3) is 6.75. The van der Waals surface area contributed by atoms with Gasteiger partial charge >= 0.3 is 7.82 Å². The molecule has 1 saturated heterocycles. The molecule has 1 aromatic carbocycles. The Morgan fingerprint density at radius 1 is 1.29 bits per heavy atom. The van der Waals surface area contributed by atoms with Gasteiger partial charge in [-0.15, -0.1) is 0 Å². The second kappa shape index (κ2) is 10.4. The lowest BCUT2D eigenvalue weighted by atomic mass is 10.2. The molecule has 0 saturated carbocycles. The molecule has 8 nitrogen and oxygen atoms in total. The molecule has 1 aromatic rings. The van der Waals surface area contributed by atoms with Crippen molar-refractivity contribution in [1.29, 1.82) is 0 Å². The van der Waals surface area contributed by atoms with Crippen molar-refractivity contribution < 1.29 is 32.5 Å². The Balaban J connectivity index is 1.80. The second-order valence-corrected chi connectivity index (χ2v) is 7.35. The van der Waals surface area contributed by atoms with E-state index in [0.717, 1.165) is 19.3 Å². The quantitative estimate of drug-likeness (QED) is 0.472. The van der Waals surface area contributed by atoms with Crippen molar-refractivity contribution in [2.24, 2.45) is 5.50 Å². The number of nitrogens with two attached hydrogens (primary N) is 1. The van der Waals surface area contributed by atoms with E-state index < -0.39 is 16.8 Å². The lowest BCUT2D eigenvalue weighted by Gasteiger charge is -2.23. The maximum absolute atomic E-state index is 12.5. The van der Waals surface area contributed by atoms with E-state index in [4.69, 9.17) is 33.4 Å². The van der Waals surface area contributed by atoms with Crippen molar-refractivity contribution in [2.75, 3.05) is 19.8 Å². The van der Waals surface area contributed by atoms with Crippen LogP contribution in [0.2, 0.25) is 0 Å². The summed E-state index contributed by atoms with van der Waals surface area (Å²) in [6.45, 7) is 0.832. The summed E-state index contributed by atoms with van der Waals surface area (Å²) >= 11 is 0. The van der Waals surface area contributed by atoms with Gasteiger partial charge in [0.1, 0.15) is 5.75 Å². The molecule has 10 heteroatoms. The SMILES string of the molecule is NPOP(=O)(OCCOC1CCCCO1)Oc1ccc(CO)cc1. The molecule has 0 radical (unpaired) electrons. The molecule has 24 heavy (non-hydrogen) atoms. The first kappa shape index (κ1) is 19.8. The molecule has 0 bridgehead atoms. The van der Waals surface area contributed by atoms with Gasteiger partial charge in [0.05, 0.1) is 28.8 Å². The molecule has 136 valence electrons. The van der Waals surface area contributed by atoms with Gasteiger partial charge in [-0.1, -0.05) is 12.1 Å². The summed E-state index contributed by atoms with van der Waals surface area (Å²) in [7, 11) is -4.37. The lowest BCUT2D eigenvalue weighted by molar-refractivity contribution is -0.165. The van der Waals surface area contributed by atoms with Crippen LogP contribution >= 0.6 is 16.8 Å². The zero-order valence-electron chi connectivity index (χ0n) is 13.3. The zero-order chi connectivity index (χ0) is 17.3. The summed E-state index contributed by atoms with van der Waals surface area (Å²) in [6.07, 6.45) is 2.70. The first-order chi connectivity index (χ1) is 11.6. The number of hydrogen-bond acceptors (Lipinski definition) is 8. The number of hydrogen-bond donors (Lipinski definition) is 2. The highest BCUT2D eigenvalue weighted by atomic mass is 31.2. The standard InChI is InChI=1S/C14H23NO7P2/c15-23-22-24(17,21-13-6-4-12(11-16)5-7-13)20-10-9-19-14-3-1-2-8-18-14/h4-7,14,16,23H,1-3,8-11,15H2. The Morgan fingerprint density at radius 2 is 2.08 bits per heavy atom. The minimum atomic E-state index is -3.83. The van der Waals surface area contributed by atoms with E-state index in [1.807, 2.05) is 0 Å². The normalized spacial score (nSPS) is 21.0. The van der Waals surface area contributed by atoms with E-state index in [2.05, 4.69) is 0 Å². The molecule has 3 unspecified atom stereocenters. The Morgan fingerprint density at radius 3 is 2.71 bits per heavy atom. The summed E-state index contributed by atoms with van der Waals surface area (Å²) in [6, 6.07) is 6.43. The molecular weight excluding hydrogens is 356 g/mol. The maximum Gasteiger partial charge on any atom is 0.534 e. The van der Waals surface area contributed by atoms with E-state index in [1.54, 1.807) is 24.3 Å². The number of phosphoric ester groups is 1. The van der Waals surface area contributed by atoms with Crippen LogP contribution < -0.4 is 10.0 Å². The van der Waals surface area contributed by atoms with Gasteiger partial charge in [0.2, 0.25) is 0 Å². The third-order valence-corrected chi connectivity index (χ3v) is 5.51. The third-order valence-electron chi connectivity index (χ3n) is 3.26. The summed E-state index contributed by atoms with van der Waals surface area (Å²) in [5, 5.41) is 9.01. The van der Waals surface area contributed by atoms with Crippen LogP contribution in [0.15, 0.2) is 24.3 Å². The molecule has 1 aliphatic rings. The Labute approximate surface area is 143 Å². The van der Waals surface area contributed by atoms with Crippen LogP contribution in [0, 0.1) is 0 Å². The average Bonchev–Trinajstić information content (AvgIpc) is 2.61. The Bertz CT molecular complexity index is 522. The summed E-state index contributed by atoms with van der Waals surface area (Å²) in [5.74, 6) is 0.297. The number of rotatable bonds is 10. The fraction of sp³-hybridized carbons (Fsp3) is 0.571. The molecule has 3 atom stereocenters. The second-order valence-electron chi connectivity index (χ2n) is 5.05. The fourth-order valence-electron chi connectivity index (χ4n) is 2.09. The predicted octanol–water partition coefficient (Wildman–Crippen LogP) is 2.71. The van der Waals surface area contributed by atoms with Gasteiger partial charge in [-0.05, 0) is 37.0 Å². The Kier molecular flexibility index (Phi) is 8.59. The van der Waals surface area contributed by atoms with Crippen LogP contribution in [-0.2, 0) is 29.5 Å². The lowest BCUT2D eigenvalue weighted by Crippen LogP contribution is -2.23. The molecule has 1 heterocycles. The van der Waals surface area contributed by atoms with E-state index in [9.17, 15) is 4.57 Å². The van der Waals surface area contributed by atoms with Crippen LogP contribution in [0.1, 0.15) is 24.8 Å². The van der Waals surface area contributed by atoms with Crippen molar-refractivity contribution in [2.45, 2.75) is 32.2 Å². The van der Waals surface area contributed by atoms with Crippen LogP contribution in [0.5, 0.6) is 5.75 Å². The van der Waals surface area contributed by atoms with Crippen LogP contribution in [-0.4, -0.2) is 31.2 Å². The molecule has 0 amide bonds. The highest BCUT2D eigenvalue weighted by Gasteiger charge is 2.28. The number of ether oxygens (including phenoxy) is 2. The van der Waals surface area contributed by atoms with Gasteiger partial charge in [-0.25, -0.2) is 8.88 Å². The van der Waals surface area contributed by atoms with Crippen molar-refractivity contribution >= 4 is 16.8 Å². The van der Waals surface area contributed by atoms with Crippen LogP contribution in [0.3, 0.4) is 0 Å². The topological polar surface area (TPSA) is 109 Å². The molecule has 0 spiro atoms.